The van der Waals surface area contributed by atoms with Crippen LogP contribution in [0.3, 0.4) is 0 Å². The van der Waals surface area contributed by atoms with Crippen molar-refractivity contribution in [3.8, 4) is 0 Å². The zero-order valence-corrected chi connectivity index (χ0v) is 10.5. The molecule has 0 aromatic rings. The lowest BCUT2D eigenvalue weighted by molar-refractivity contribution is 0.101. The summed E-state index contributed by atoms with van der Waals surface area (Å²) in [5, 5.41) is 15.2. The van der Waals surface area contributed by atoms with Crippen LogP contribution < -0.4 is 10.6 Å². The highest BCUT2D eigenvalue weighted by Crippen LogP contribution is 2.23. The molecule has 16 heavy (non-hydrogen) atoms. The Kier molecular flexibility index (Phi) is 4.59. The second kappa shape index (κ2) is 5.53. The summed E-state index contributed by atoms with van der Waals surface area (Å²) >= 11 is 0. The molecule has 2 unspecified atom stereocenters. The average Bonchev–Trinajstić information content (AvgIpc) is 2.12. The minimum Gasteiger partial charge on any atom is -0.393 e. The van der Waals surface area contributed by atoms with Gasteiger partial charge in [0.15, 0.2) is 0 Å². The van der Waals surface area contributed by atoms with Gasteiger partial charge in [0.05, 0.1) is 6.10 Å². The van der Waals surface area contributed by atoms with Crippen molar-refractivity contribution in [2.75, 3.05) is 6.54 Å². The number of amides is 2. The molecule has 1 rings (SSSR count). The van der Waals surface area contributed by atoms with Gasteiger partial charge in [-0.15, -0.1) is 0 Å². The summed E-state index contributed by atoms with van der Waals surface area (Å²) in [5.74, 6) is 0.425. The van der Waals surface area contributed by atoms with Gasteiger partial charge in [-0.05, 0) is 46.0 Å². The third-order valence-electron chi connectivity index (χ3n) is 2.79. The first kappa shape index (κ1) is 13.3. The molecule has 0 aromatic carbocycles. The number of hydrogen-bond acceptors (Lipinski definition) is 2. The van der Waals surface area contributed by atoms with Gasteiger partial charge in [-0.1, -0.05) is 6.42 Å². The van der Waals surface area contributed by atoms with Crippen molar-refractivity contribution in [1.82, 2.24) is 10.6 Å². The number of rotatable bonds is 2. The van der Waals surface area contributed by atoms with Crippen LogP contribution in [0.1, 0.15) is 46.5 Å². The topological polar surface area (TPSA) is 61.4 Å². The molecule has 0 bridgehead atoms. The van der Waals surface area contributed by atoms with Crippen molar-refractivity contribution in [2.45, 2.75) is 58.1 Å². The highest BCUT2D eigenvalue weighted by atomic mass is 16.3. The van der Waals surface area contributed by atoms with Crippen molar-refractivity contribution in [3.05, 3.63) is 0 Å². The molecule has 0 spiro atoms. The van der Waals surface area contributed by atoms with Gasteiger partial charge in [0.1, 0.15) is 0 Å². The fraction of sp³-hybridized carbons (Fsp3) is 0.917. The van der Waals surface area contributed by atoms with E-state index in [-0.39, 0.29) is 17.7 Å². The number of nitrogens with one attached hydrogen (secondary N) is 2. The summed E-state index contributed by atoms with van der Waals surface area (Å²) in [6.45, 7) is 6.53. The molecule has 4 nitrogen and oxygen atoms in total. The van der Waals surface area contributed by atoms with Crippen LogP contribution in [0.2, 0.25) is 0 Å². The molecule has 4 heteroatoms. The number of urea groups is 1. The van der Waals surface area contributed by atoms with Crippen LogP contribution >= 0.6 is 0 Å². The first-order chi connectivity index (χ1) is 7.37. The quantitative estimate of drug-likeness (QED) is 0.673. The first-order valence-corrected chi connectivity index (χ1v) is 6.11. The van der Waals surface area contributed by atoms with Crippen molar-refractivity contribution in [3.63, 3.8) is 0 Å². The van der Waals surface area contributed by atoms with E-state index in [9.17, 15) is 9.90 Å². The Hall–Kier alpha value is -0.770. The molecule has 2 amide bonds. The predicted molar refractivity (Wildman–Crippen MR) is 64.3 cm³/mol. The lowest BCUT2D eigenvalue weighted by atomic mass is 9.87. The van der Waals surface area contributed by atoms with Crippen molar-refractivity contribution in [2.24, 2.45) is 5.92 Å². The normalized spacial score (nSPS) is 26.2. The number of hydrogen-bond donors (Lipinski definition) is 3. The van der Waals surface area contributed by atoms with Gasteiger partial charge in [0, 0.05) is 12.1 Å². The molecule has 94 valence electrons. The Balaban J connectivity index is 2.21. The molecule has 0 aromatic heterocycles. The van der Waals surface area contributed by atoms with Crippen molar-refractivity contribution < 1.29 is 9.90 Å². The van der Waals surface area contributed by atoms with E-state index in [0.717, 1.165) is 25.7 Å². The van der Waals surface area contributed by atoms with E-state index in [1.54, 1.807) is 0 Å². The Morgan fingerprint density at radius 3 is 2.62 bits per heavy atom. The van der Waals surface area contributed by atoms with E-state index in [1.165, 1.54) is 0 Å². The lowest BCUT2D eigenvalue weighted by Gasteiger charge is -2.27. The van der Waals surface area contributed by atoms with Gasteiger partial charge >= 0.3 is 6.03 Å². The van der Waals surface area contributed by atoms with Crippen LogP contribution in [-0.4, -0.2) is 29.3 Å². The van der Waals surface area contributed by atoms with Crippen LogP contribution in [0.4, 0.5) is 4.79 Å². The summed E-state index contributed by atoms with van der Waals surface area (Å²) in [7, 11) is 0. The average molecular weight is 228 g/mol. The SMILES string of the molecule is CC(C)(C)NC(=O)NCC1CCCC(O)C1. The zero-order valence-electron chi connectivity index (χ0n) is 10.5. The molecule has 0 radical (unpaired) electrons. The molecular formula is C12H24N2O2. The molecule has 2 atom stereocenters. The molecule has 0 saturated heterocycles. The zero-order chi connectivity index (χ0) is 12.2. The first-order valence-electron chi connectivity index (χ1n) is 6.11. The Morgan fingerprint density at radius 2 is 2.06 bits per heavy atom. The third kappa shape index (κ3) is 5.35. The van der Waals surface area contributed by atoms with E-state index in [4.69, 9.17) is 0 Å². The Morgan fingerprint density at radius 1 is 1.38 bits per heavy atom. The molecule has 3 N–H and O–H groups in total. The number of carbonyl (C=O) groups is 1. The van der Waals surface area contributed by atoms with E-state index < -0.39 is 0 Å². The number of aliphatic hydroxyl groups is 1. The fourth-order valence-electron chi connectivity index (χ4n) is 2.07. The third-order valence-corrected chi connectivity index (χ3v) is 2.79. The van der Waals surface area contributed by atoms with E-state index in [1.807, 2.05) is 20.8 Å². The van der Waals surface area contributed by atoms with Gasteiger partial charge in [-0.3, -0.25) is 0 Å². The van der Waals surface area contributed by atoms with Gasteiger partial charge in [-0.2, -0.15) is 0 Å². The Labute approximate surface area is 97.8 Å². The molecular weight excluding hydrogens is 204 g/mol. The molecule has 1 aliphatic rings. The smallest absolute Gasteiger partial charge is 0.315 e. The summed E-state index contributed by atoms with van der Waals surface area (Å²) in [6.07, 6.45) is 3.72. The van der Waals surface area contributed by atoms with Crippen molar-refractivity contribution in [1.29, 1.82) is 0 Å². The van der Waals surface area contributed by atoms with Crippen LogP contribution in [0.25, 0.3) is 0 Å². The predicted octanol–water partition coefficient (Wildman–Crippen LogP) is 1.64. The van der Waals surface area contributed by atoms with Gasteiger partial charge in [0.25, 0.3) is 0 Å². The monoisotopic (exact) mass is 228 g/mol. The molecule has 1 aliphatic carbocycles. The number of aliphatic hydroxyl groups excluding tert-OH is 1. The molecule has 1 fully saturated rings. The van der Waals surface area contributed by atoms with Crippen LogP contribution in [0.5, 0.6) is 0 Å². The van der Waals surface area contributed by atoms with Gasteiger partial charge < -0.3 is 15.7 Å². The summed E-state index contributed by atoms with van der Waals surface area (Å²) in [5.41, 5.74) is -0.198. The second-order valence-corrected chi connectivity index (χ2v) is 5.77. The molecule has 1 saturated carbocycles. The summed E-state index contributed by atoms with van der Waals surface area (Å²) in [4.78, 5) is 11.5. The fourth-order valence-corrected chi connectivity index (χ4v) is 2.07. The number of carbonyl (C=O) groups excluding carboxylic acids is 1. The highest BCUT2D eigenvalue weighted by Gasteiger charge is 2.21. The van der Waals surface area contributed by atoms with E-state index in [2.05, 4.69) is 10.6 Å². The summed E-state index contributed by atoms with van der Waals surface area (Å²) in [6, 6.07) is -0.118. The van der Waals surface area contributed by atoms with Crippen LogP contribution in [0, 0.1) is 5.92 Å². The lowest BCUT2D eigenvalue weighted by Crippen LogP contribution is -2.47. The molecule has 0 aliphatic heterocycles. The van der Waals surface area contributed by atoms with Gasteiger partial charge in [-0.25, -0.2) is 4.79 Å². The van der Waals surface area contributed by atoms with Gasteiger partial charge in [0.2, 0.25) is 0 Å². The second-order valence-electron chi connectivity index (χ2n) is 5.77. The maximum atomic E-state index is 11.5. The molecule has 0 heterocycles. The maximum absolute atomic E-state index is 11.5. The Bertz CT molecular complexity index is 236. The van der Waals surface area contributed by atoms with Crippen LogP contribution in [0.15, 0.2) is 0 Å². The van der Waals surface area contributed by atoms with E-state index in [0.29, 0.717) is 12.5 Å². The summed E-state index contributed by atoms with van der Waals surface area (Å²) < 4.78 is 0. The maximum Gasteiger partial charge on any atom is 0.315 e. The minimum atomic E-state index is -0.198. The highest BCUT2D eigenvalue weighted by molar-refractivity contribution is 5.74. The van der Waals surface area contributed by atoms with Crippen molar-refractivity contribution >= 4 is 6.03 Å². The van der Waals surface area contributed by atoms with Crippen LogP contribution in [-0.2, 0) is 0 Å². The van der Waals surface area contributed by atoms with E-state index >= 15 is 0 Å². The minimum absolute atomic E-state index is 0.118. The standard InChI is InChI=1S/C12H24N2O2/c1-12(2,3)14-11(16)13-8-9-5-4-6-10(15)7-9/h9-10,15H,4-8H2,1-3H3,(H2,13,14,16). The largest absolute Gasteiger partial charge is 0.393 e.